The highest BCUT2D eigenvalue weighted by molar-refractivity contribution is 5.24. The monoisotopic (exact) mass is 126 g/mol. The summed E-state index contributed by atoms with van der Waals surface area (Å²) in [5.74, 6) is 0. The Hall–Kier alpha value is -0.600. The van der Waals surface area contributed by atoms with E-state index in [2.05, 4.69) is 0 Å². The minimum atomic E-state index is -0.714. The second kappa shape index (κ2) is 2.33. The topological polar surface area (TPSA) is 40.5 Å². The van der Waals surface area contributed by atoms with Crippen molar-refractivity contribution in [1.29, 1.82) is 0 Å². The van der Waals surface area contributed by atoms with E-state index in [-0.39, 0.29) is 0 Å². The molecule has 0 spiro atoms. The lowest BCUT2D eigenvalue weighted by atomic mass is 10.0. The number of hydrogen-bond acceptors (Lipinski definition) is 2. The predicted octanol–water partition coefficient (Wildman–Crippen LogP) is 0.224. The maximum atomic E-state index is 8.97. The third-order valence-electron chi connectivity index (χ3n) is 1.34. The van der Waals surface area contributed by atoms with Gasteiger partial charge in [-0.3, -0.25) is 0 Å². The molecule has 2 nitrogen and oxygen atoms in total. The van der Waals surface area contributed by atoms with Crippen molar-refractivity contribution in [3.8, 4) is 0 Å². The van der Waals surface area contributed by atoms with Gasteiger partial charge < -0.3 is 10.2 Å². The Kier molecular flexibility index (Phi) is 1.69. The SMILES string of the molecule is CC1=C[C@H](O)[C@@H](O)C=C1. The highest BCUT2D eigenvalue weighted by atomic mass is 16.3. The van der Waals surface area contributed by atoms with E-state index in [4.69, 9.17) is 10.2 Å². The summed E-state index contributed by atoms with van der Waals surface area (Å²) in [5, 5.41) is 17.9. The Morgan fingerprint density at radius 3 is 2.44 bits per heavy atom. The third-order valence-corrected chi connectivity index (χ3v) is 1.34. The van der Waals surface area contributed by atoms with E-state index in [0.717, 1.165) is 5.57 Å². The Morgan fingerprint density at radius 1 is 1.33 bits per heavy atom. The standard InChI is InChI=1S/C7H10O2/c1-5-2-3-6(8)7(9)4-5/h2-4,6-9H,1H3/t6-,7-/m0/s1. The van der Waals surface area contributed by atoms with Crippen LogP contribution in [0.15, 0.2) is 23.8 Å². The van der Waals surface area contributed by atoms with Gasteiger partial charge in [0.1, 0.15) is 12.2 Å². The summed E-state index contributed by atoms with van der Waals surface area (Å²) in [4.78, 5) is 0. The molecular formula is C7H10O2. The van der Waals surface area contributed by atoms with Crippen molar-refractivity contribution in [3.05, 3.63) is 23.8 Å². The van der Waals surface area contributed by atoms with Crippen LogP contribution in [-0.4, -0.2) is 22.4 Å². The maximum absolute atomic E-state index is 8.97. The molecule has 0 aromatic carbocycles. The Bertz CT molecular complexity index is 158. The molecule has 0 aromatic rings. The zero-order valence-corrected chi connectivity index (χ0v) is 5.28. The highest BCUT2D eigenvalue weighted by Crippen LogP contribution is 2.09. The van der Waals surface area contributed by atoms with Crippen LogP contribution in [0.3, 0.4) is 0 Å². The molecular weight excluding hydrogens is 116 g/mol. The molecule has 0 amide bonds. The van der Waals surface area contributed by atoms with Crippen molar-refractivity contribution in [3.63, 3.8) is 0 Å². The van der Waals surface area contributed by atoms with Gasteiger partial charge in [-0.15, -0.1) is 0 Å². The van der Waals surface area contributed by atoms with E-state index in [1.165, 1.54) is 0 Å². The molecule has 0 radical (unpaired) electrons. The summed E-state index contributed by atoms with van der Waals surface area (Å²) in [6.45, 7) is 1.88. The Labute approximate surface area is 54.1 Å². The minimum Gasteiger partial charge on any atom is -0.386 e. The molecule has 2 N–H and O–H groups in total. The lowest BCUT2D eigenvalue weighted by Crippen LogP contribution is -2.23. The summed E-state index contributed by atoms with van der Waals surface area (Å²) >= 11 is 0. The summed E-state index contributed by atoms with van der Waals surface area (Å²) < 4.78 is 0. The van der Waals surface area contributed by atoms with E-state index >= 15 is 0 Å². The van der Waals surface area contributed by atoms with Crippen molar-refractivity contribution in [1.82, 2.24) is 0 Å². The largest absolute Gasteiger partial charge is 0.386 e. The molecule has 0 fully saturated rings. The fourth-order valence-corrected chi connectivity index (χ4v) is 0.788. The summed E-state index contributed by atoms with van der Waals surface area (Å²) in [6, 6.07) is 0. The number of aliphatic hydroxyl groups is 2. The van der Waals surface area contributed by atoms with Crippen LogP contribution in [0.1, 0.15) is 6.92 Å². The van der Waals surface area contributed by atoms with Gasteiger partial charge in [-0.05, 0) is 6.92 Å². The molecule has 0 heterocycles. The molecule has 1 aliphatic carbocycles. The van der Waals surface area contributed by atoms with Crippen LogP contribution in [0.2, 0.25) is 0 Å². The van der Waals surface area contributed by atoms with Crippen molar-refractivity contribution in [2.24, 2.45) is 0 Å². The van der Waals surface area contributed by atoms with Gasteiger partial charge in [-0.1, -0.05) is 23.8 Å². The van der Waals surface area contributed by atoms with E-state index in [1.54, 1.807) is 18.2 Å². The molecule has 0 saturated heterocycles. The van der Waals surface area contributed by atoms with E-state index in [1.807, 2.05) is 6.92 Å². The summed E-state index contributed by atoms with van der Waals surface area (Å²) in [5.41, 5.74) is 0.993. The zero-order chi connectivity index (χ0) is 6.85. The number of hydrogen-bond donors (Lipinski definition) is 2. The van der Waals surface area contributed by atoms with Crippen LogP contribution in [0.5, 0.6) is 0 Å². The molecule has 0 saturated carbocycles. The Morgan fingerprint density at radius 2 is 2.00 bits per heavy atom. The van der Waals surface area contributed by atoms with Gasteiger partial charge in [-0.25, -0.2) is 0 Å². The molecule has 0 aromatic heterocycles. The molecule has 1 aliphatic rings. The van der Waals surface area contributed by atoms with Crippen LogP contribution in [-0.2, 0) is 0 Å². The van der Waals surface area contributed by atoms with Crippen LogP contribution in [0.25, 0.3) is 0 Å². The van der Waals surface area contributed by atoms with Crippen LogP contribution in [0.4, 0.5) is 0 Å². The summed E-state index contributed by atoms with van der Waals surface area (Å²) in [7, 11) is 0. The van der Waals surface area contributed by atoms with Crippen molar-refractivity contribution in [2.45, 2.75) is 19.1 Å². The van der Waals surface area contributed by atoms with Gasteiger partial charge in [0.25, 0.3) is 0 Å². The normalized spacial score (nSPS) is 34.3. The number of allylic oxidation sites excluding steroid dienone is 2. The van der Waals surface area contributed by atoms with E-state index < -0.39 is 12.2 Å². The van der Waals surface area contributed by atoms with E-state index in [9.17, 15) is 0 Å². The van der Waals surface area contributed by atoms with Gasteiger partial charge in [0, 0.05) is 0 Å². The third kappa shape index (κ3) is 1.40. The predicted molar refractivity (Wildman–Crippen MR) is 34.9 cm³/mol. The fraction of sp³-hybridized carbons (Fsp3) is 0.429. The number of rotatable bonds is 0. The van der Waals surface area contributed by atoms with Gasteiger partial charge in [-0.2, -0.15) is 0 Å². The molecule has 2 atom stereocenters. The second-order valence-electron chi connectivity index (χ2n) is 2.25. The number of aliphatic hydroxyl groups excluding tert-OH is 2. The molecule has 50 valence electrons. The lowest BCUT2D eigenvalue weighted by Gasteiger charge is -2.14. The van der Waals surface area contributed by atoms with Gasteiger partial charge >= 0.3 is 0 Å². The van der Waals surface area contributed by atoms with Gasteiger partial charge in [0.05, 0.1) is 0 Å². The smallest absolute Gasteiger partial charge is 0.102 e. The summed E-state index contributed by atoms with van der Waals surface area (Å²) in [6.07, 6.45) is 3.57. The average Bonchev–Trinajstić information content (AvgIpc) is 1.80. The first-order valence-electron chi connectivity index (χ1n) is 2.93. The van der Waals surface area contributed by atoms with Gasteiger partial charge in [0.15, 0.2) is 0 Å². The fourth-order valence-electron chi connectivity index (χ4n) is 0.788. The quantitative estimate of drug-likeness (QED) is 0.487. The molecule has 9 heavy (non-hydrogen) atoms. The van der Waals surface area contributed by atoms with Crippen molar-refractivity contribution < 1.29 is 10.2 Å². The van der Waals surface area contributed by atoms with E-state index in [0.29, 0.717) is 0 Å². The second-order valence-corrected chi connectivity index (χ2v) is 2.25. The first-order chi connectivity index (χ1) is 4.20. The molecule has 0 aliphatic heterocycles. The first-order valence-corrected chi connectivity index (χ1v) is 2.93. The molecule has 0 bridgehead atoms. The Balaban J connectivity index is 2.70. The van der Waals surface area contributed by atoms with Crippen molar-refractivity contribution in [2.75, 3.05) is 0 Å². The van der Waals surface area contributed by atoms with Gasteiger partial charge in [0.2, 0.25) is 0 Å². The molecule has 1 rings (SSSR count). The zero-order valence-electron chi connectivity index (χ0n) is 5.28. The lowest BCUT2D eigenvalue weighted by molar-refractivity contribution is 0.0787. The van der Waals surface area contributed by atoms with Crippen LogP contribution < -0.4 is 0 Å². The first kappa shape index (κ1) is 6.52. The van der Waals surface area contributed by atoms with Crippen LogP contribution in [0, 0.1) is 0 Å². The van der Waals surface area contributed by atoms with Crippen LogP contribution >= 0.6 is 0 Å². The molecule has 2 heteroatoms. The maximum Gasteiger partial charge on any atom is 0.102 e. The highest BCUT2D eigenvalue weighted by Gasteiger charge is 2.12. The van der Waals surface area contributed by atoms with Crippen molar-refractivity contribution >= 4 is 0 Å². The average molecular weight is 126 g/mol. The molecule has 0 unspecified atom stereocenters. The minimum absolute atomic E-state index is 0.713.